The smallest absolute Gasteiger partial charge is 0.257 e. The van der Waals surface area contributed by atoms with Crippen LogP contribution in [0.15, 0.2) is 53.1 Å². The van der Waals surface area contributed by atoms with Gasteiger partial charge >= 0.3 is 0 Å². The fourth-order valence-electron chi connectivity index (χ4n) is 4.85. The summed E-state index contributed by atoms with van der Waals surface area (Å²) in [5.74, 6) is -0.517. The molecule has 1 fully saturated rings. The molecule has 33 heavy (non-hydrogen) atoms. The third-order valence-corrected chi connectivity index (χ3v) is 7.18. The van der Waals surface area contributed by atoms with Crippen molar-refractivity contribution in [3.8, 4) is 11.3 Å². The van der Waals surface area contributed by atoms with Crippen molar-refractivity contribution in [3.05, 3.63) is 76.3 Å². The summed E-state index contributed by atoms with van der Waals surface area (Å²) in [5.41, 5.74) is 1.83. The monoisotopic (exact) mass is 469 g/mol. The largest absolute Gasteiger partial charge is 0.360 e. The van der Waals surface area contributed by atoms with E-state index in [1.165, 1.54) is 17.7 Å². The summed E-state index contributed by atoms with van der Waals surface area (Å²) in [7, 11) is 4.26. The Morgan fingerprint density at radius 3 is 2.52 bits per heavy atom. The second kappa shape index (κ2) is 9.65. The summed E-state index contributed by atoms with van der Waals surface area (Å²) in [6.07, 6.45) is 4.62. The molecular formula is C26H29ClFN3O2. The van der Waals surface area contributed by atoms with Crippen molar-refractivity contribution >= 4 is 17.5 Å². The molecule has 5 nitrogen and oxygen atoms in total. The number of hydrogen-bond donors (Lipinski definition) is 1. The first-order valence-electron chi connectivity index (χ1n) is 11.2. The predicted molar refractivity (Wildman–Crippen MR) is 128 cm³/mol. The molecule has 3 aromatic rings. The number of hydrogen-bond acceptors (Lipinski definition) is 4. The highest BCUT2D eigenvalue weighted by molar-refractivity contribution is 6.33. The van der Waals surface area contributed by atoms with Gasteiger partial charge in [0.2, 0.25) is 0 Å². The molecule has 7 heteroatoms. The van der Waals surface area contributed by atoms with E-state index < -0.39 is 5.82 Å². The third-order valence-electron chi connectivity index (χ3n) is 6.87. The lowest BCUT2D eigenvalue weighted by Gasteiger charge is -2.45. The maximum absolute atomic E-state index is 14.5. The molecule has 0 radical (unpaired) electrons. The highest BCUT2D eigenvalue weighted by Gasteiger charge is 2.38. The molecule has 0 spiro atoms. The third kappa shape index (κ3) is 4.82. The first kappa shape index (κ1) is 23.5. The van der Waals surface area contributed by atoms with Crippen LogP contribution in [0.3, 0.4) is 0 Å². The number of nitrogens with zero attached hydrogens (tertiary/aromatic N) is 2. The van der Waals surface area contributed by atoms with Gasteiger partial charge in [0.15, 0.2) is 0 Å². The van der Waals surface area contributed by atoms with Crippen LogP contribution in [0.5, 0.6) is 0 Å². The Labute approximate surface area is 198 Å². The van der Waals surface area contributed by atoms with Crippen molar-refractivity contribution in [2.75, 3.05) is 14.1 Å². The van der Waals surface area contributed by atoms with E-state index in [9.17, 15) is 9.18 Å². The van der Waals surface area contributed by atoms with E-state index in [0.29, 0.717) is 5.76 Å². The van der Waals surface area contributed by atoms with Crippen molar-refractivity contribution in [1.29, 1.82) is 0 Å². The molecule has 0 bridgehead atoms. The van der Waals surface area contributed by atoms with Gasteiger partial charge in [-0.25, -0.2) is 4.39 Å². The number of benzene rings is 2. The molecule has 0 unspecified atom stereocenters. The lowest BCUT2D eigenvalue weighted by Crippen LogP contribution is -2.52. The Hall–Kier alpha value is -2.70. The normalized spacial score (nSPS) is 20.7. The molecule has 1 N–H and O–H groups in total. The zero-order valence-electron chi connectivity index (χ0n) is 19.2. The summed E-state index contributed by atoms with van der Waals surface area (Å²) < 4.78 is 19.7. The summed E-state index contributed by atoms with van der Waals surface area (Å²) in [6.45, 7) is 1.65. The minimum Gasteiger partial charge on any atom is -0.360 e. The quantitative estimate of drug-likeness (QED) is 0.506. The van der Waals surface area contributed by atoms with Gasteiger partial charge in [-0.3, -0.25) is 4.79 Å². The molecule has 0 aliphatic heterocycles. The van der Waals surface area contributed by atoms with Crippen LogP contribution in [0.1, 0.15) is 47.4 Å². The highest BCUT2D eigenvalue weighted by atomic mass is 35.5. The fraction of sp³-hybridized carbons (Fsp3) is 0.385. The molecule has 2 aromatic carbocycles. The number of likely N-dealkylation sites (N-methyl/N-ethyl adjacent to an activating group) is 1. The standard InChI is InChI=1S/C26H29ClFN3O2/c1-17-22(24(30-33-17)23-20(27)10-7-11-21(23)28)25(32)29-19-12-14-26(15-13-19,31(2)3)16-18-8-5-4-6-9-18/h4-11,19H,12-16H2,1-3H3,(H,29,32). The summed E-state index contributed by atoms with van der Waals surface area (Å²) >= 11 is 6.21. The Kier molecular flexibility index (Phi) is 6.86. The number of halogens is 2. The average Bonchev–Trinajstić information content (AvgIpc) is 3.16. The number of amides is 1. The number of aromatic nitrogens is 1. The molecular weight excluding hydrogens is 441 g/mol. The second-order valence-corrected chi connectivity index (χ2v) is 9.50. The maximum atomic E-state index is 14.5. The van der Waals surface area contributed by atoms with Crippen LogP contribution in [-0.4, -0.2) is 41.6 Å². The van der Waals surface area contributed by atoms with Gasteiger partial charge < -0.3 is 14.7 Å². The Bertz CT molecular complexity index is 1100. The van der Waals surface area contributed by atoms with Crippen LogP contribution >= 0.6 is 11.6 Å². The number of rotatable bonds is 6. The minimum absolute atomic E-state index is 0.0274. The van der Waals surface area contributed by atoms with Crippen LogP contribution in [0, 0.1) is 12.7 Å². The van der Waals surface area contributed by atoms with Crippen molar-refractivity contribution < 1.29 is 13.7 Å². The SMILES string of the molecule is Cc1onc(-c2c(F)cccc2Cl)c1C(=O)NC1CCC(Cc2ccccc2)(N(C)C)CC1. The maximum Gasteiger partial charge on any atom is 0.257 e. The molecule has 1 amide bonds. The van der Waals surface area contributed by atoms with E-state index in [2.05, 4.69) is 53.7 Å². The van der Waals surface area contributed by atoms with Gasteiger partial charge in [0.25, 0.3) is 5.91 Å². The molecule has 1 saturated carbocycles. The Balaban J connectivity index is 1.49. The highest BCUT2D eigenvalue weighted by Crippen LogP contribution is 2.37. The van der Waals surface area contributed by atoms with Gasteiger partial charge in [-0.1, -0.05) is 53.2 Å². The molecule has 1 aliphatic rings. The van der Waals surface area contributed by atoms with Crippen molar-refractivity contribution in [1.82, 2.24) is 15.4 Å². The van der Waals surface area contributed by atoms with Crippen LogP contribution in [0.2, 0.25) is 5.02 Å². The average molecular weight is 470 g/mol. The number of aryl methyl sites for hydroxylation is 1. The Morgan fingerprint density at radius 2 is 1.88 bits per heavy atom. The number of carbonyl (C=O) groups is 1. The lowest BCUT2D eigenvalue weighted by molar-refractivity contribution is 0.0769. The fourth-order valence-corrected chi connectivity index (χ4v) is 5.10. The van der Waals surface area contributed by atoms with E-state index in [-0.39, 0.29) is 39.3 Å². The molecule has 174 valence electrons. The van der Waals surface area contributed by atoms with E-state index in [1.54, 1.807) is 13.0 Å². The lowest BCUT2D eigenvalue weighted by atomic mass is 9.74. The van der Waals surface area contributed by atoms with Gasteiger partial charge in [-0.05, 0) is 70.8 Å². The predicted octanol–water partition coefficient (Wildman–Crippen LogP) is 5.66. The summed E-state index contributed by atoms with van der Waals surface area (Å²) in [5, 5.41) is 7.26. The summed E-state index contributed by atoms with van der Waals surface area (Å²) in [4.78, 5) is 15.5. The van der Waals surface area contributed by atoms with Gasteiger partial charge in [-0.2, -0.15) is 0 Å². The van der Waals surface area contributed by atoms with Crippen molar-refractivity contribution in [2.45, 2.75) is 50.6 Å². The molecule has 1 aliphatic carbocycles. The summed E-state index contributed by atoms with van der Waals surface area (Å²) in [6, 6.07) is 14.9. The second-order valence-electron chi connectivity index (χ2n) is 9.09. The van der Waals surface area contributed by atoms with Crippen LogP contribution in [-0.2, 0) is 6.42 Å². The molecule has 0 saturated heterocycles. The number of carbonyl (C=O) groups excluding carboxylic acids is 1. The number of nitrogens with one attached hydrogen (secondary N) is 1. The van der Waals surface area contributed by atoms with E-state index in [0.717, 1.165) is 32.1 Å². The molecule has 4 rings (SSSR count). The zero-order valence-corrected chi connectivity index (χ0v) is 20.0. The van der Waals surface area contributed by atoms with E-state index in [4.69, 9.17) is 16.1 Å². The molecule has 0 atom stereocenters. The van der Waals surface area contributed by atoms with E-state index in [1.807, 2.05) is 6.07 Å². The minimum atomic E-state index is -0.542. The van der Waals surface area contributed by atoms with Gasteiger partial charge in [0.05, 0.1) is 10.6 Å². The van der Waals surface area contributed by atoms with Gasteiger partial charge in [0.1, 0.15) is 22.8 Å². The Morgan fingerprint density at radius 1 is 1.18 bits per heavy atom. The van der Waals surface area contributed by atoms with E-state index >= 15 is 0 Å². The topological polar surface area (TPSA) is 58.4 Å². The zero-order chi connectivity index (χ0) is 23.6. The first-order chi connectivity index (χ1) is 15.8. The van der Waals surface area contributed by atoms with Crippen LogP contribution < -0.4 is 5.32 Å². The van der Waals surface area contributed by atoms with Crippen molar-refractivity contribution in [3.63, 3.8) is 0 Å². The van der Waals surface area contributed by atoms with Gasteiger partial charge in [0, 0.05) is 11.6 Å². The molecule has 1 heterocycles. The first-order valence-corrected chi connectivity index (χ1v) is 11.6. The van der Waals surface area contributed by atoms with Crippen molar-refractivity contribution in [2.24, 2.45) is 0 Å². The molecule has 1 aromatic heterocycles. The van der Waals surface area contributed by atoms with Crippen LogP contribution in [0.4, 0.5) is 4.39 Å². The van der Waals surface area contributed by atoms with Gasteiger partial charge in [-0.15, -0.1) is 0 Å². The van der Waals surface area contributed by atoms with Crippen LogP contribution in [0.25, 0.3) is 11.3 Å².